The zero-order chi connectivity index (χ0) is 23.3. The molecule has 3 atom stereocenters. The van der Waals surface area contributed by atoms with E-state index in [0.29, 0.717) is 30.2 Å². The number of carbonyl (C=O) groups excluding carboxylic acids is 1. The van der Waals surface area contributed by atoms with Gasteiger partial charge in [0.05, 0.1) is 23.5 Å². The molecule has 2 aliphatic rings. The summed E-state index contributed by atoms with van der Waals surface area (Å²) in [5.41, 5.74) is 1.30. The summed E-state index contributed by atoms with van der Waals surface area (Å²) in [5, 5.41) is 8.93. The van der Waals surface area contributed by atoms with Gasteiger partial charge in [-0.3, -0.25) is 19.1 Å². The van der Waals surface area contributed by atoms with Gasteiger partial charge in [-0.15, -0.1) is 0 Å². The first-order chi connectivity index (χ1) is 15.9. The molecule has 9 heteroatoms. The third-order valence-electron chi connectivity index (χ3n) is 6.62. The summed E-state index contributed by atoms with van der Waals surface area (Å²) in [5.74, 6) is 0.421. The van der Waals surface area contributed by atoms with Crippen molar-refractivity contribution in [3.8, 4) is 17.3 Å². The van der Waals surface area contributed by atoms with E-state index in [1.807, 2.05) is 16.8 Å². The summed E-state index contributed by atoms with van der Waals surface area (Å²) in [4.78, 5) is 37.5. The monoisotopic (exact) mass is 444 g/mol. The number of halogens is 1. The smallest absolute Gasteiger partial charge is 0.255 e. The van der Waals surface area contributed by atoms with Gasteiger partial charge >= 0.3 is 0 Å². The molecule has 8 nitrogen and oxygen atoms in total. The summed E-state index contributed by atoms with van der Waals surface area (Å²) in [6.07, 6.45) is 2.56. The molecule has 5 rings (SSSR count). The SMILES string of the molecule is CN(c1nc(-c2ccncc2F)cc(=O)n1C)C1[C@H]2CN(C(=O)c3ccc(C#N)cc3)C[C@@H]12. The van der Waals surface area contributed by atoms with Crippen molar-refractivity contribution in [1.29, 1.82) is 5.26 Å². The van der Waals surface area contributed by atoms with Crippen LogP contribution in [0.2, 0.25) is 0 Å². The Morgan fingerprint density at radius 1 is 1.21 bits per heavy atom. The summed E-state index contributed by atoms with van der Waals surface area (Å²) in [6, 6.07) is 11.7. The highest BCUT2D eigenvalue weighted by molar-refractivity contribution is 5.94. The largest absolute Gasteiger partial charge is 0.342 e. The average molecular weight is 444 g/mol. The third-order valence-corrected chi connectivity index (χ3v) is 6.62. The number of pyridine rings is 1. The van der Waals surface area contributed by atoms with Crippen molar-refractivity contribution in [2.75, 3.05) is 25.0 Å². The van der Waals surface area contributed by atoms with E-state index < -0.39 is 5.82 Å². The van der Waals surface area contributed by atoms with Crippen LogP contribution >= 0.6 is 0 Å². The van der Waals surface area contributed by atoms with Crippen molar-refractivity contribution in [2.24, 2.45) is 18.9 Å². The number of aromatic nitrogens is 3. The second-order valence-corrected chi connectivity index (χ2v) is 8.52. The zero-order valence-corrected chi connectivity index (χ0v) is 18.1. The number of rotatable bonds is 4. The van der Waals surface area contributed by atoms with Gasteiger partial charge in [0, 0.05) is 68.5 Å². The molecule has 1 aliphatic heterocycles. The van der Waals surface area contributed by atoms with E-state index in [0.717, 1.165) is 6.20 Å². The van der Waals surface area contributed by atoms with Gasteiger partial charge in [-0.1, -0.05) is 0 Å². The Morgan fingerprint density at radius 2 is 1.91 bits per heavy atom. The number of carbonyl (C=O) groups is 1. The average Bonchev–Trinajstić information content (AvgIpc) is 3.33. The summed E-state index contributed by atoms with van der Waals surface area (Å²) in [6.45, 7) is 1.23. The first-order valence-electron chi connectivity index (χ1n) is 10.6. The van der Waals surface area contributed by atoms with Crippen molar-refractivity contribution in [2.45, 2.75) is 6.04 Å². The van der Waals surface area contributed by atoms with Crippen LogP contribution in [0.15, 0.2) is 53.6 Å². The van der Waals surface area contributed by atoms with Crippen LogP contribution in [-0.4, -0.2) is 51.5 Å². The summed E-state index contributed by atoms with van der Waals surface area (Å²) < 4.78 is 15.7. The molecule has 166 valence electrons. The van der Waals surface area contributed by atoms with E-state index in [1.54, 1.807) is 31.3 Å². The lowest BCUT2D eigenvalue weighted by atomic mass is 10.1. The second-order valence-electron chi connectivity index (χ2n) is 8.52. The Balaban J connectivity index is 1.33. The molecule has 0 bridgehead atoms. The van der Waals surface area contributed by atoms with Crippen LogP contribution in [0.4, 0.5) is 10.3 Å². The Labute approximate surface area is 189 Å². The Bertz CT molecular complexity index is 1330. The van der Waals surface area contributed by atoms with E-state index in [-0.39, 0.29) is 40.6 Å². The zero-order valence-electron chi connectivity index (χ0n) is 18.1. The van der Waals surface area contributed by atoms with Crippen LogP contribution in [0.5, 0.6) is 0 Å². The number of nitrogens with zero attached hydrogens (tertiary/aromatic N) is 6. The minimum atomic E-state index is -0.535. The Hall–Kier alpha value is -4.06. The minimum Gasteiger partial charge on any atom is -0.342 e. The van der Waals surface area contributed by atoms with Crippen molar-refractivity contribution >= 4 is 11.9 Å². The van der Waals surface area contributed by atoms with Crippen molar-refractivity contribution in [3.63, 3.8) is 0 Å². The normalized spacial score (nSPS) is 20.8. The highest BCUT2D eigenvalue weighted by atomic mass is 19.1. The summed E-state index contributed by atoms with van der Waals surface area (Å²) >= 11 is 0. The van der Waals surface area contributed by atoms with Gasteiger partial charge in [-0.2, -0.15) is 5.26 Å². The fraction of sp³-hybridized carbons (Fsp3) is 0.292. The van der Waals surface area contributed by atoms with E-state index in [4.69, 9.17) is 5.26 Å². The molecule has 33 heavy (non-hydrogen) atoms. The van der Waals surface area contributed by atoms with Gasteiger partial charge in [0.15, 0.2) is 5.82 Å². The molecule has 0 N–H and O–H groups in total. The van der Waals surface area contributed by atoms with Crippen molar-refractivity contribution in [3.05, 3.63) is 76.1 Å². The molecule has 1 amide bonds. The van der Waals surface area contributed by atoms with Crippen LogP contribution < -0.4 is 10.5 Å². The molecule has 1 aliphatic carbocycles. The molecule has 2 fully saturated rings. The van der Waals surface area contributed by atoms with Gasteiger partial charge in [-0.05, 0) is 30.3 Å². The Kier molecular flexibility index (Phi) is 4.93. The molecule has 3 heterocycles. The molecule has 1 saturated carbocycles. The van der Waals surface area contributed by atoms with Gasteiger partial charge in [0.25, 0.3) is 11.5 Å². The number of amides is 1. The maximum atomic E-state index is 14.2. The molecule has 2 aromatic heterocycles. The number of fused-ring (bicyclic) bond motifs is 1. The van der Waals surface area contributed by atoms with Gasteiger partial charge in [-0.25, -0.2) is 9.37 Å². The van der Waals surface area contributed by atoms with Crippen LogP contribution in [0.3, 0.4) is 0 Å². The van der Waals surface area contributed by atoms with Gasteiger partial charge < -0.3 is 9.80 Å². The third kappa shape index (κ3) is 3.53. The molecule has 1 aromatic carbocycles. The number of anilines is 1. The maximum Gasteiger partial charge on any atom is 0.255 e. The van der Waals surface area contributed by atoms with Crippen LogP contribution in [-0.2, 0) is 7.05 Å². The first-order valence-corrected chi connectivity index (χ1v) is 10.6. The van der Waals surface area contributed by atoms with Crippen LogP contribution in [0, 0.1) is 29.0 Å². The quantitative estimate of drug-likeness (QED) is 0.611. The number of hydrogen-bond acceptors (Lipinski definition) is 6. The number of benzene rings is 1. The molecular formula is C24H21FN6O2. The highest BCUT2D eigenvalue weighted by Crippen LogP contribution is 2.49. The highest BCUT2D eigenvalue weighted by Gasteiger charge is 2.59. The van der Waals surface area contributed by atoms with E-state index in [2.05, 4.69) is 16.0 Å². The number of hydrogen-bond donors (Lipinski definition) is 0. The molecule has 1 saturated heterocycles. The van der Waals surface area contributed by atoms with Crippen molar-refractivity contribution < 1.29 is 9.18 Å². The van der Waals surface area contributed by atoms with E-state index in [9.17, 15) is 14.0 Å². The molecule has 1 unspecified atom stereocenters. The lowest BCUT2D eigenvalue weighted by Crippen LogP contribution is -2.38. The fourth-order valence-corrected chi connectivity index (χ4v) is 4.80. The predicted octanol–water partition coefficient (Wildman–Crippen LogP) is 2.06. The molecule has 0 spiro atoms. The number of piperidine rings is 1. The molecule has 3 aromatic rings. The second kappa shape index (κ2) is 7.81. The predicted molar refractivity (Wildman–Crippen MR) is 119 cm³/mol. The number of nitriles is 1. The summed E-state index contributed by atoms with van der Waals surface area (Å²) in [7, 11) is 3.52. The van der Waals surface area contributed by atoms with Gasteiger partial charge in [0.2, 0.25) is 5.95 Å². The fourth-order valence-electron chi connectivity index (χ4n) is 4.80. The maximum absolute atomic E-state index is 14.2. The van der Waals surface area contributed by atoms with Crippen LogP contribution in [0.25, 0.3) is 11.3 Å². The Morgan fingerprint density at radius 3 is 2.55 bits per heavy atom. The molecular weight excluding hydrogens is 423 g/mol. The molecule has 0 radical (unpaired) electrons. The van der Waals surface area contributed by atoms with E-state index in [1.165, 1.54) is 22.9 Å². The standard InChI is InChI=1S/C24H21FN6O2/c1-29-21(32)9-20(16-7-8-27-11-19(16)25)28-24(29)30(2)22-17-12-31(13-18(17)22)23(33)15-5-3-14(10-26)4-6-15/h3-9,11,17-18,22H,12-13H2,1-2H3/t17-,18+,22?. The number of likely N-dealkylation sites (tertiary alicyclic amines) is 1. The van der Waals surface area contributed by atoms with E-state index >= 15 is 0 Å². The van der Waals surface area contributed by atoms with Crippen LogP contribution in [0.1, 0.15) is 15.9 Å². The first kappa shape index (κ1) is 20.8. The van der Waals surface area contributed by atoms with Crippen molar-refractivity contribution in [1.82, 2.24) is 19.4 Å². The van der Waals surface area contributed by atoms with Gasteiger partial charge in [0.1, 0.15) is 0 Å². The minimum absolute atomic E-state index is 0.0474. The lowest BCUT2D eigenvalue weighted by molar-refractivity contribution is 0.0772. The topological polar surface area (TPSA) is 95.1 Å². The lowest BCUT2D eigenvalue weighted by Gasteiger charge is -2.26.